The molecule has 9 heteroatoms. The number of benzene rings is 1. The Morgan fingerprint density at radius 3 is 2.61 bits per heavy atom. The van der Waals surface area contributed by atoms with E-state index in [4.69, 9.17) is 9.15 Å². The van der Waals surface area contributed by atoms with Crippen LogP contribution >= 0.6 is 0 Å². The lowest BCUT2D eigenvalue weighted by molar-refractivity contribution is -0.137. The zero-order valence-corrected chi connectivity index (χ0v) is 18.4. The van der Waals surface area contributed by atoms with Gasteiger partial charge in [-0.15, -0.1) is 0 Å². The van der Waals surface area contributed by atoms with Gasteiger partial charge in [-0.25, -0.2) is 17.9 Å². The van der Waals surface area contributed by atoms with Crippen LogP contribution in [-0.2, 0) is 26.1 Å². The number of rotatable bonds is 9. The zero-order chi connectivity index (χ0) is 22.3. The van der Waals surface area contributed by atoms with E-state index in [1.165, 1.54) is 36.9 Å². The van der Waals surface area contributed by atoms with Crippen molar-refractivity contribution in [3.05, 3.63) is 54.0 Å². The van der Waals surface area contributed by atoms with Crippen LogP contribution in [0.3, 0.4) is 0 Å². The lowest BCUT2D eigenvalue weighted by Crippen LogP contribution is -2.43. The molecular weight excluding hydrogens is 420 g/mol. The number of nitrogens with zero attached hydrogens (tertiary/aromatic N) is 1. The van der Waals surface area contributed by atoms with Crippen molar-refractivity contribution in [2.24, 2.45) is 0 Å². The molecule has 0 bridgehead atoms. The fraction of sp³-hybridized carbons (Fsp3) is 0.455. The molecule has 1 aromatic carbocycles. The van der Waals surface area contributed by atoms with Gasteiger partial charge in [0.05, 0.1) is 23.3 Å². The molecule has 1 aliphatic carbocycles. The summed E-state index contributed by atoms with van der Waals surface area (Å²) in [4.78, 5) is 26.7. The van der Waals surface area contributed by atoms with Crippen molar-refractivity contribution < 1.29 is 27.2 Å². The molecule has 0 spiro atoms. The standard InChI is InChI=1S/C22H28N2O6S/c1-2-24(18-9-4-3-5-10-18)21(25)16-30-22(26)17-8-6-12-20(14-17)31(27,28)23-15-19-11-7-13-29-19/h6-8,11-14,18,23H,2-5,9-10,15-16H2,1H3. The monoisotopic (exact) mass is 448 g/mol. The van der Waals surface area contributed by atoms with Crippen molar-refractivity contribution in [2.75, 3.05) is 13.2 Å². The van der Waals surface area contributed by atoms with Crippen LogP contribution in [0.4, 0.5) is 0 Å². The van der Waals surface area contributed by atoms with Crippen LogP contribution in [0.25, 0.3) is 0 Å². The van der Waals surface area contributed by atoms with Crippen molar-refractivity contribution in [3.63, 3.8) is 0 Å². The third kappa shape index (κ3) is 6.18. The van der Waals surface area contributed by atoms with Crippen LogP contribution in [0, 0.1) is 0 Å². The molecule has 0 saturated heterocycles. The third-order valence-electron chi connectivity index (χ3n) is 5.40. The Labute approximate surface area is 182 Å². The highest BCUT2D eigenvalue weighted by Crippen LogP contribution is 2.22. The first-order valence-electron chi connectivity index (χ1n) is 10.5. The molecule has 1 amide bonds. The van der Waals surface area contributed by atoms with Crippen molar-refractivity contribution in [2.45, 2.75) is 56.5 Å². The Kier molecular flexibility index (Phi) is 7.86. The molecule has 3 rings (SSSR count). The molecule has 1 aliphatic rings. The number of esters is 1. The Hall–Kier alpha value is -2.65. The number of sulfonamides is 1. The number of carbonyl (C=O) groups excluding carboxylic acids is 2. The van der Waals surface area contributed by atoms with E-state index in [9.17, 15) is 18.0 Å². The topological polar surface area (TPSA) is 106 Å². The van der Waals surface area contributed by atoms with Gasteiger partial charge in [0.15, 0.2) is 6.61 Å². The summed E-state index contributed by atoms with van der Waals surface area (Å²) in [6.45, 7) is 2.11. The van der Waals surface area contributed by atoms with Gasteiger partial charge in [-0.2, -0.15) is 0 Å². The van der Waals surface area contributed by atoms with E-state index in [1.54, 1.807) is 17.0 Å². The summed E-state index contributed by atoms with van der Waals surface area (Å²) in [7, 11) is -3.85. The molecule has 8 nitrogen and oxygen atoms in total. The molecule has 1 heterocycles. The van der Waals surface area contributed by atoms with Gasteiger partial charge >= 0.3 is 5.97 Å². The Bertz CT molecular complexity index is 981. The smallest absolute Gasteiger partial charge is 0.338 e. The predicted octanol–water partition coefficient (Wildman–Crippen LogP) is 3.10. The Morgan fingerprint density at radius 2 is 1.94 bits per heavy atom. The van der Waals surface area contributed by atoms with Gasteiger partial charge in [0.1, 0.15) is 5.76 Å². The van der Waals surface area contributed by atoms with Gasteiger partial charge in [0.25, 0.3) is 5.91 Å². The number of hydrogen-bond donors (Lipinski definition) is 1. The summed E-state index contributed by atoms with van der Waals surface area (Å²) in [6, 6.07) is 9.04. The van der Waals surface area contributed by atoms with E-state index in [2.05, 4.69) is 4.72 Å². The van der Waals surface area contributed by atoms with Crippen LogP contribution in [0.2, 0.25) is 0 Å². The van der Waals surface area contributed by atoms with Crippen molar-refractivity contribution in [1.82, 2.24) is 9.62 Å². The predicted molar refractivity (Wildman–Crippen MR) is 114 cm³/mol. The number of carbonyl (C=O) groups is 2. The molecule has 0 aliphatic heterocycles. The number of nitrogens with one attached hydrogen (secondary N) is 1. The maximum absolute atomic E-state index is 12.6. The minimum absolute atomic E-state index is 0.00741. The summed E-state index contributed by atoms with van der Waals surface area (Å²) >= 11 is 0. The van der Waals surface area contributed by atoms with Crippen LogP contribution < -0.4 is 4.72 Å². The molecule has 1 aromatic heterocycles. The SMILES string of the molecule is CCN(C(=O)COC(=O)c1cccc(S(=O)(=O)NCc2ccco2)c1)C1CCCCC1. The van der Waals surface area contributed by atoms with Gasteiger partial charge in [0.2, 0.25) is 10.0 Å². The molecule has 2 aromatic rings. The maximum Gasteiger partial charge on any atom is 0.338 e. The second kappa shape index (κ2) is 10.6. The molecular formula is C22H28N2O6S. The molecule has 1 N–H and O–H groups in total. The van der Waals surface area contributed by atoms with Crippen molar-refractivity contribution >= 4 is 21.9 Å². The van der Waals surface area contributed by atoms with Crippen LogP contribution in [-0.4, -0.2) is 44.4 Å². The summed E-state index contributed by atoms with van der Waals surface area (Å²) in [6.07, 6.45) is 6.78. The largest absolute Gasteiger partial charge is 0.468 e. The number of amides is 1. The number of hydrogen-bond acceptors (Lipinski definition) is 6. The first-order chi connectivity index (χ1) is 14.9. The van der Waals surface area contributed by atoms with E-state index in [1.807, 2.05) is 6.92 Å². The van der Waals surface area contributed by atoms with E-state index >= 15 is 0 Å². The summed E-state index contributed by atoms with van der Waals surface area (Å²) in [5.41, 5.74) is 0.0642. The quantitative estimate of drug-likeness (QED) is 0.591. The molecule has 0 atom stereocenters. The maximum atomic E-state index is 12.6. The van der Waals surface area contributed by atoms with Crippen LogP contribution in [0.15, 0.2) is 52.0 Å². The van der Waals surface area contributed by atoms with Gasteiger partial charge in [-0.3, -0.25) is 4.79 Å². The average molecular weight is 449 g/mol. The van der Waals surface area contributed by atoms with Gasteiger partial charge in [-0.1, -0.05) is 25.3 Å². The lowest BCUT2D eigenvalue weighted by Gasteiger charge is -2.33. The number of ether oxygens (including phenoxy) is 1. The number of furan rings is 1. The molecule has 31 heavy (non-hydrogen) atoms. The second-order valence-corrected chi connectivity index (χ2v) is 9.25. The van der Waals surface area contributed by atoms with E-state index < -0.39 is 16.0 Å². The molecule has 1 fully saturated rings. The van der Waals surface area contributed by atoms with E-state index in [0.717, 1.165) is 25.7 Å². The summed E-state index contributed by atoms with van der Waals surface area (Å²) < 4.78 is 37.7. The number of likely N-dealkylation sites (N-methyl/N-ethyl adjacent to an activating group) is 1. The minimum Gasteiger partial charge on any atom is -0.468 e. The van der Waals surface area contributed by atoms with Gasteiger partial charge in [0, 0.05) is 12.6 Å². The first-order valence-corrected chi connectivity index (χ1v) is 12.0. The van der Waals surface area contributed by atoms with E-state index in [-0.39, 0.29) is 35.6 Å². The third-order valence-corrected chi connectivity index (χ3v) is 6.80. The highest BCUT2D eigenvalue weighted by atomic mass is 32.2. The zero-order valence-electron chi connectivity index (χ0n) is 17.6. The Balaban J connectivity index is 1.59. The summed E-state index contributed by atoms with van der Waals surface area (Å²) in [5, 5.41) is 0. The van der Waals surface area contributed by atoms with Gasteiger partial charge in [-0.05, 0) is 50.1 Å². The lowest BCUT2D eigenvalue weighted by atomic mass is 9.94. The van der Waals surface area contributed by atoms with Crippen LogP contribution in [0.1, 0.15) is 55.1 Å². The van der Waals surface area contributed by atoms with Crippen LogP contribution in [0.5, 0.6) is 0 Å². The summed E-state index contributed by atoms with van der Waals surface area (Å²) in [5.74, 6) is -0.501. The molecule has 0 radical (unpaired) electrons. The highest BCUT2D eigenvalue weighted by Gasteiger charge is 2.25. The first kappa shape index (κ1) is 23.0. The molecule has 168 valence electrons. The Morgan fingerprint density at radius 1 is 1.16 bits per heavy atom. The fourth-order valence-corrected chi connectivity index (χ4v) is 4.82. The van der Waals surface area contributed by atoms with Crippen molar-refractivity contribution in [1.29, 1.82) is 0 Å². The minimum atomic E-state index is -3.85. The average Bonchev–Trinajstić information content (AvgIpc) is 3.31. The van der Waals surface area contributed by atoms with E-state index in [0.29, 0.717) is 12.3 Å². The van der Waals surface area contributed by atoms with Crippen molar-refractivity contribution in [3.8, 4) is 0 Å². The van der Waals surface area contributed by atoms with Gasteiger partial charge < -0.3 is 14.1 Å². The molecule has 0 unspecified atom stereocenters. The normalized spacial score (nSPS) is 14.9. The fourth-order valence-electron chi connectivity index (χ4n) is 3.78. The highest BCUT2D eigenvalue weighted by molar-refractivity contribution is 7.89. The second-order valence-electron chi connectivity index (χ2n) is 7.48. The molecule has 1 saturated carbocycles.